The summed E-state index contributed by atoms with van der Waals surface area (Å²) in [5.74, 6) is -1.52. The third-order valence-electron chi connectivity index (χ3n) is 5.60. The molecule has 5 rings (SSSR count). The third-order valence-corrected chi connectivity index (χ3v) is 5.60. The van der Waals surface area contributed by atoms with Gasteiger partial charge >= 0.3 is 0 Å². The summed E-state index contributed by atoms with van der Waals surface area (Å²) in [4.78, 5) is 21.2. The molecule has 0 aliphatic heterocycles. The molecule has 0 saturated carbocycles. The number of aryl methyl sites for hydroxylation is 1. The van der Waals surface area contributed by atoms with Crippen LogP contribution in [0.5, 0.6) is 0 Å². The van der Waals surface area contributed by atoms with Crippen LogP contribution in [0.2, 0.25) is 0 Å². The van der Waals surface area contributed by atoms with Crippen LogP contribution in [-0.4, -0.2) is 35.3 Å². The number of nitrogens with zero attached hydrogens (tertiary/aromatic N) is 6. The fourth-order valence-corrected chi connectivity index (χ4v) is 3.71. The van der Waals surface area contributed by atoms with E-state index in [1.807, 2.05) is 20.8 Å². The summed E-state index contributed by atoms with van der Waals surface area (Å²) in [6, 6.07) is 3.80. The summed E-state index contributed by atoms with van der Waals surface area (Å²) in [6.45, 7) is 5.47. The number of benzene rings is 1. The molecule has 0 spiro atoms. The number of halogens is 2. The number of rotatable bonds is 5. The number of oxazole rings is 1. The maximum absolute atomic E-state index is 15.3. The lowest BCUT2D eigenvalue weighted by atomic mass is 9.97. The summed E-state index contributed by atoms with van der Waals surface area (Å²) in [6.07, 6.45) is 7.89. The van der Waals surface area contributed by atoms with E-state index in [9.17, 15) is 4.79 Å². The molecule has 0 atom stereocenters. The van der Waals surface area contributed by atoms with Crippen molar-refractivity contribution in [3.05, 3.63) is 78.0 Å². The Hall–Kier alpha value is -4.41. The van der Waals surface area contributed by atoms with E-state index in [-0.39, 0.29) is 34.5 Å². The molecule has 1 N–H and O–H groups in total. The van der Waals surface area contributed by atoms with E-state index in [0.29, 0.717) is 22.7 Å². The third kappa shape index (κ3) is 4.35. The van der Waals surface area contributed by atoms with Gasteiger partial charge in [0.15, 0.2) is 11.6 Å². The van der Waals surface area contributed by atoms with Gasteiger partial charge in [0.05, 0.1) is 35.5 Å². The molecule has 0 radical (unpaired) electrons. The lowest BCUT2D eigenvalue weighted by Crippen LogP contribution is -2.24. The Morgan fingerprint density at radius 1 is 1.11 bits per heavy atom. The largest absolute Gasteiger partial charge is 0.448 e. The smallest absolute Gasteiger partial charge is 0.273 e. The van der Waals surface area contributed by atoms with Crippen molar-refractivity contribution in [1.29, 1.82) is 0 Å². The average molecular weight is 492 g/mol. The zero-order valence-corrected chi connectivity index (χ0v) is 20.1. The normalized spacial score (nSPS) is 11.8. The fourth-order valence-electron chi connectivity index (χ4n) is 3.71. The van der Waals surface area contributed by atoms with Crippen molar-refractivity contribution in [2.75, 3.05) is 0 Å². The lowest BCUT2D eigenvalue weighted by Gasteiger charge is -2.12. The summed E-state index contributed by atoms with van der Waals surface area (Å²) in [5.41, 5.74) is 1.62. The van der Waals surface area contributed by atoms with Crippen LogP contribution in [0.3, 0.4) is 0 Å². The molecular formula is C25H23F2N7O2. The van der Waals surface area contributed by atoms with Gasteiger partial charge in [-0.1, -0.05) is 20.8 Å². The van der Waals surface area contributed by atoms with E-state index < -0.39 is 17.5 Å². The van der Waals surface area contributed by atoms with Gasteiger partial charge in [-0.25, -0.2) is 23.3 Å². The van der Waals surface area contributed by atoms with Gasteiger partial charge in [0.25, 0.3) is 5.91 Å². The Morgan fingerprint density at radius 2 is 1.92 bits per heavy atom. The average Bonchev–Trinajstić information content (AvgIpc) is 3.58. The first-order valence-electron chi connectivity index (χ1n) is 11.2. The van der Waals surface area contributed by atoms with Gasteiger partial charge < -0.3 is 9.73 Å². The molecule has 0 bridgehead atoms. The zero-order valence-electron chi connectivity index (χ0n) is 20.1. The van der Waals surface area contributed by atoms with Gasteiger partial charge in [-0.2, -0.15) is 10.2 Å². The Kier molecular flexibility index (Phi) is 5.62. The monoisotopic (exact) mass is 491 g/mol. The second kappa shape index (κ2) is 8.67. The van der Waals surface area contributed by atoms with Crippen LogP contribution in [0.25, 0.3) is 28.0 Å². The maximum atomic E-state index is 15.3. The minimum absolute atomic E-state index is 0.0166. The molecule has 0 unspecified atom stereocenters. The van der Waals surface area contributed by atoms with E-state index in [1.165, 1.54) is 6.26 Å². The number of hydrogen-bond donors (Lipinski definition) is 1. The van der Waals surface area contributed by atoms with E-state index >= 15 is 8.78 Å². The number of carbonyl (C=O) groups is 1. The topological polar surface area (TPSA) is 103 Å². The van der Waals surface area contributed by atoms with E-state index in [1.54, 1.807) is 47.1 Å². The first-order chi connectivity index (χ1) is 17.1. The van der Waals surface area contributed by atoms with Crippen molar-refractivity contribution in [3.8, 4) is 22.5 Å². The Balaban J connectivity index is 1.43. The predicted octanol–water partition coefficient (Wildman–Crippen LogP) is 4.29. The Morgan fingerprint density at radius 3 is 2.61 bits per heavy atom. The van der Waals surface area contributed by atoms with Gasteiger partial charge in [-0.3, -0.25) is 9.48 Å². The molecule has 4 aromatic heterocycles. The number of aromatic nitrogens is 6. The van der Waals surface area contributed by atoms with Crippen LogP contribution in [0.1, 0.15) is 42.7 Å². The molecular weight excluding hydrogens is 468 g/mol. The van der Waals surface area contributed by atoms with Crippen LogP contribution >= 0.6 is 0 Å². The van der Waals surface area contributed by atoms with Crippen LogP contribution in [0, 0.1) is 11.6 Å². The fraction of sp³-hybridized carbons (Fsp3) is 0.240. The van der Waals surface area contributed by atoms with Gasteiger partial charge in [-0.15, -0.1) is 0 Å². The number of amides is 1. The highest BCUT2D eigenvalue weighted by Crippen LogP contribution is 2.30. The van der Waals surface area contributed by atoms with E-state index in [2.05, 4.69) is 25.5 Å². The summed E-state index contributed by atoms with van der Waals surface area (Å²) >= 11 is 0. The minimum atomic E-state index is -0.687. The standard InChI is InChI=1S/C25H23F2N7O2/c1-25(2,3)24-32-20(13-36-24)23(35)28-9-14-7-18(27)16(8-17(14)26)22-21-5-6-29-34(21)12-19(31-22)15-10-30-33(4)11-15/h5-8,10-13H,9H2,1-4H3,(H,28,35). The van der Waals surface area contributed by atoms with Gasteiger partial charge in [0.2, 0.25) is 0 Å². The number of fused-ring (bicyclic) bond motifs is 1. The molecule has 4 heterocycles. The van der Waals surface area contributed by atoms with Crippen LogP contribution in [-0.2, 0) is 19.0 Å². The van der Waals surface area contributed by atoms with Crippen LogP contribution in [0.15, 0.2) is 53.7 Å². The van der Waals surface area contributed by atoms with E-state index in [4.69, 9.17) is 4.42 Å². The highest BCUT2D eigenvalue weighted by atomic mass is 19.1. The van der Waals surface area contributed by atoms with Crippen molar-refractivity contribution < 1.29 is 18.0 Å². The van der Waals surface area contributed by atoms with Crippen molar-refractivity contribution >= 4 is 11.4 Å². The quantitative estimate of drug-likeness (QED) is 0.393. The van der Waals surface area contributed by atoms with Crippen molar-refractivity contribution in [2.45, 2.75) is 32.7 Å². The highest BCUT2D eigenvalue weighted by Gasteiger charge is 2.23. The summed E-state index contributed by atoms with van der Waals surface area (Å²) in [5, 5.41) is 10.9. The molecule has 5 aromatic rings. The van der Waals surface area contributed by atoms with Gasteiger partial charge in [-0.05, 0) is 18.2 Å². The summed E-state index contributed by atoms with van der Waals surface area (Å²) < 4.78 is 38.9. The highest BCUT2D eigenvalue weighted by molar-refractivity contribution is 5.91. The van der Waals surface area contributed by atoms with Crippen molar-refractivity contribution in [3.63, 3.8) is 0 Å². The minimum Gasteiger partial charge on any atom is -0.448 e. The Labute approximate surface area is 204 Å². The SMILES string of the molecule is Cn1cc(-c2cn3nccc3c(-c3cc(F)c(CNC(=O)c4coc(C(C)(C)C)n4)cc3F)n2)cn1. The molecule has 0 aliphatic rings. The molecule has 184 valence electrons. The van der Waals surface area contributed by atoms with Crippen LogP contribution < -0.4 is 5.32 Å². The van der Waals surface area contributed by atoms with Crippen molar-refractivity contribution in [2.24, 2.45) is 7.05 Å². The molecule has 11 heteroatoms. The molecule has 0 saturated heterocycles. The second-order valence-corrected chi connectivity index (χ2v) is 9.43. The summed E-state index contributed by atoms with van der Waals surface area (Å²) in [7, 11) is 1.77. The zero-order chi connectivity index (χ0) is 25.6. The van der Waals surface area contributed by atoms with Crippen molar-refractivity contribution in [1.82, 2.24) is 34.7 Å². The molecule has 0 fully saturated rings. The molecule has 1 amide bonds. The molecule has 0 aliphatic carbocycles. The number of nitrogens with one attached hydrogen (secondary N) is 1. The first kappa shape index (κ1) is 23.3. The first-order valence-corrected chi connectivity index (χ1v) is 11.2. The van der Waals surface area contributed by atoms with E-state index in [0.717, 1.165) is 12.1 Å². The Bertz CT molecular complexity index is 1590. The van der Waals surface area contributed by atoms with Crippen LogP contribution in [0.4, 0.5) is 8.78 Å². The van der Waals surface area contributed by atoms with Gasteiger partial charge in [0.1, 0.15) is 17.9 Å². The number of carbonyl (C=O) groups excluding carboxylic acids is 1. The second-order valence-electron chi connectivity index (χ2n) is 9.43. The lowest BCUT2D eigenvalue weighted by molar-refractivity contribution is 0.0945. The number of hydrogen-bond acceptors (Lipinski definition) is 6. The maximum Gasteiger partial charge on any atom is 0.273 e. The molecule has 1 aromatic carbocycles. The van der Waals surface area contributed by atoms with Gasteiger partial charge in [0, 0.05) is 41.9 Å². The predicted molar refractivity (Wildman–Crippen MR) is 127 cm³/mol. The molecule has 36 heavy (non-hydrogen) atoms. The molecule has 9 nitrogen and oxygen atoms in total.